The normalized spacial score (nSPS) is 12.9. The van der Waals surface area contributed by atoms with Gasteiger partial charge in [0, 0.05) is 50.4 Å². The lowest BCUT2D eigenvalue weighted by Gasteiger charge is -2.24. The van der Waals surface area contributed by atoms with E-state index in [1.165, 1.54) is 0 Å². The van der Waals surface area contributed by atoms with Gasteiger partial charge in [-0.15, -0.1) is 0 Å². The quantitative estimate of drug-likeness (QED) is 0.0776. The lowest BCUT2D eigenvalue weighted by atomic mass is 9.83. The lowest BCUT2D eigenvalue weighted by Crippen LogP contribution is -2.24. The first-order valence-electron chi connectivity index (χ1n) is 14.8. The van der Waals surface area contributed by atoms with Crippen LogP contribution in [-0.4, -0.2) is 59.1 Å². The highest BCUT2D eigenvalue weighted by Gasteiger charge is 2.30. The number of aliphatic hydroxyl groups excluding tert-OH is 1. The molecule has 0 heterocycles. The Morgan fingerprint density at radius 2 is 1.16 bits per heavy atom. The Labute approximate surface area is 261 Å². The highest BCUT2D eigenvalue weighted by atomic mass is 16.4. The maximum Gasteiger partial charge on any atom is 0.328 e. The van der Waals surface area contributed by atoms with Crippen molar-refractivity contribution in [3.05, 3.63) is 45.5 Å². The average Bonchev–Trinajstić information content (AvgIpc) is 2.93. The fourth-order valence-electron chi connectivity index (χ4n) is 6.38. The van der Waals surface area contributed by atoms with E-state index in [1.807, 2.05) is 27.7 Å². The van der Waals surface area contributed by atoms with Crippen molar-refractivity contribution in [3.8, 4) is 45.6 Å². The van der Waals surface area contributed by atoms with Crippen molar-refractivity contribution in [1.82, 2.24) is 0 Å². The monoisotopic (exact) mass is 619 g/mol. The molecule has 0 aliphatic heterocycles. The van der Waals surface area contributed by atoms with Gasteiger partial charge in [0.05, 0.1) is 6.61 Å². The maximum atomic E-state index is 12.0. The minimum atomic E-state index is -1.18. The van der Waals surface area contributed by atoms with Gasteiger partial charge in [0.25, 0.3) is 0 Å². The number of benzene rings is 4. The predicted molar refractivity (Wildman–Crippen MR) is 174 cm³/mol. The molecular formula is C35H41NO9. The van der Waals surface area contributed by atoms with E-state index in [2.05, 4.69) is 4.99 Å². The highest BCUT2D eigenvalue weighted by molar-refractivity contribution is 6.13. The maximum absolute atomic E-state index is 12.0. The van der Waals surface area contributed by atoms with Crippen LogP contribution in [0.25, 0.3) is 32.7 Å². The van der Waals surface area contributed by atoms with Crippen LogP contribution in [0.3, 0.4) is 0 Å². The lowest BCUT2D eigenvalue weighted by molar-refractivity contribution is -0.139. The number of rotatable bonds is 8. The van der Waals surface area contributed by atoms with Crippen LogP contribution in [0.4, 0.5) is 0 Å². The molecule has 10 heteroatoms. The zero-order chi connectivity index (χ0) is 33.8. The number of nitrogens with zero attached hydrogens (tertiary/aromatic N) is 1. The number of aromatic hydroxyl groups is 6. The zero-order valence-corrected chi connectivity index (χ0v) is 26.7. The molecule has 45 heavy (non-hydrogen) atoms. The van der Waals surface area contributed by atoms with E-state index in [1.54, 1.807) is 39.8 Å². The second-order valence-electron chi connectivity index (χ2n) is 12.6. The number of carboxylic acid groups (broad SMARTS) is 1. The molecule has 1 atom stereocenters. The first-order valence-corrected chi connectivity index (χ1v) is 14.8. The SMILES string of the molecule is Cc1cc2c(C(C)C)c(O)c(O)c(C=N[C@H](C(=O)O)C(C)C)c2c(O)c1-c1c(C)cc2c(C(C)C)c(O)c(O)c(CO)c2c1O. The summed E-state index contributed by atoms with van der Waals surface area (Å²) in [7, 11) is 0. The Morgan fingerprint density at radius 3 is 1.58 bits per heavy atom. The van der Waals surface area contributed by atoms with Gasteiger partial charge in [-0.2, -0.15) is 0 Å². The molecular weight excluding hydrogens is 578 g/mol. The Balaban J connectivity index is 2.23. The fraction of sp³-hybridized carbons (Fsp3) is 0.371. The van der Waals surface area contributed by atoms with Crippen LogP contribution in [-0.2, 0) is 11.4 Å². The van der Waals surface area contributed by atoms with Gasteiger partial charge in [-0.25, -0.2) is 4.79 Å². The van der Waals surface area contributed by atoms with E-state index >= 15 is 0 Å². The first kappa shape index (κ1) is 33.2. The number of phenols is 6. The fourth-order valence-corrected chi connectivity index (χ4v) is 6.38. The van der Waals surface area contributed by atoms with E-state index < -0.39 is 41.8 Å². The summed E-state index contributed by atoms with van der Waals surface area (Å²) in [4.78, 5) is 16.1. The predicted octanol–water partition coefficient (Wildman–Crippen LogP) is 6.78. The number of carboxylic acids is 1. The van der Waals surface area contributed by atoms with Crippen LogP contribution >= 0.6 is 0 Å². The van der Waals surface area contributed by atoms with Crippen LogP contribution in [0.5, 0.6) is 34.5 Å². The molecule has 4 rings (SSSR count). The van der Waals surface area contributed by atoms with Crippen LogP contribution < -0.4 is 0 Å². The number of phenolic OH excluding ortho intramolecular Hbond substituents is 5. The average molecular weight is 620 g/mol. The molecule has 0 fully saturated rings. The Bertz CT molecular complexity index is 1890. The smallest absolute Gasteiger partial charge is 0.328 e. The van der Waals surface area contributed by atoms with E-state index in [4.69, 9.17) is 0 Å². The number of aryl methyl sites for hydroxylation is 2. The molecule has 0 saturated heterocycles. The molecule has 0 aromatic heterocycles. The summed E-state index contributed by atoms with van der Waals surface area (Å²) in [5, 5.41) is 88.6. The molecule has 4 aromatic rings. The Hall–Kier alpha value is -4.70. The Kier molecular flexibility index (Phi) is 8.86. The molecule has 10 nitrogen and oxygen atoms in total. The summed E-state index contributed by atoms with van der Waals surface area (Å²) in [5.74, 6) is -4.81. The minimum absolute atomic E-state index is 0.0870. The zero-order valence-electron chi connectivity index (χ0n) is 26.7. The molecule has 0 spiro atoms. The van der Waals surface area contributed by atoms with Crippen molar-refractivity contribution in [3.63, 3.8) is 0 Å². The standard InChI is InChI=1S/C35H41NO9/c1-13(2)22-18-9-16(7)24(31(40)26(18)20(29(38)33(22)42)11-36-28(15(5)6)35(44)45)25-17(8)10-19-23(14(3)4)34(43)30(39)21(12-37)27(19)32(25)41/h9-11,13-15,28,37-43H,12H2,1-8H3,(H,44,45)/t28-/m0/s1. The molecule has 0 unspecified atom stereocenters. The third-order valence-corrected chi connectivity index (χ3v) is 8.46. The van der Waals surface area contributed by atoms with Crippen molar-refractivity contribution in [1.29, 1.82) is 0 Å². The summed E-state index contributed by atoms with van der Waals surface area (Å²) >= 11 is 0. The Morgan fingerprint density at radius 1 is 0.711 bits per heavy atom. The van der Waals surface area contributed by atoms with Gasteiger partial charge in [-0.3, -0.25) is 4.99 Å². The molecule has 240 valence electrons. The van der Waals surface area contributed by atoms with Crippen LogP contribution in [0, 0.1) is 19.8 Å². The van der Waals surface area contributed by atoms with Crippen LogP contribution in [0.15, 0.2) is 17.1 Å². The number of fused-ring (bicyclic) bond motifs is 2. The van der Waals surface area contributed by atoms with E-state index in [-0.39, 0.29) is 62.1 Å². The van der Waals surface area contributed by atoms with E-state index in [0.29, 0.717) is 33.0 Å². The van der Waals surface area contributed by atoms with Gasteiger partial charge >= 0.3 is 5.97 Å². The highest BCUT2D eigenvalue weighted by Crippen LogP contribution is 2.54. The number of aliphatic imine (C=N–C) groups is 1. The van der Waals surface area contributed by atoms with Gasteiger partial charge in [-0.1, -0.05) is 53.7 Å². The number of hydrogen-bond acceptors (Lipinski definition) is 9. The minimum Gasteiger partial charge on any atom is -0.507 e. The molecule has 0 saturated carbocycles. The van der Waals surface area contributed by atoms with Crippen LogP contribution in [0.1, 0.15) is 86.8 Å². The first-order chi connectivity index (χ1) is 21.0. The largest absolute Gasteiger partial charge is 0.507 e. The summed E-state index contributed by atoms with van der Waals surface area (Å²) in [6.45, 7) is 13.3. The summed E-state index contributed by atoms with van der Waals surface area (Å²) in [5.41, 5.74) is 1.90. The third kappa shape index (κ3) is 5.22. The van der Waals surface area contributed by atoms with Crippen molar-refractivity contribution < 1.29 is 45.6 Å². The summed E-state index contributed by atoms with van der Waals surface area (Å²) < 4.78 is 0. The van der Waals surface area contributed by atoms with Crippen molar-refractivity contribution in [2.75, 3.05) is 0 Å². The molecule has 0 aliphatic carbocycles. The number of hydrogen-bond donors (Lipinski definition) is 8. The van der Waals surface area contributed by atoms with Gasteiger partial charge in [-0.05, 0) is 53.5 Å². The topological polar surface area (TPSA) is 191 Å². The molecule has 0 bridgehead atoms. The van der Waals surface area contributed by atoms with Gasteiger partial charge in [0.15, 0.2) is 23.0 Å². The van der Waals surface area contributed by atoms with Crippen molar-refractivity contribution in [2.45, 2.75) is 79.9 Å². The van der Waals surface area contributed by atoms with Gasteiger partial charge in [0.1, 0.15) is 17.5 Å². The van der Waals surface area contributed by atoms with E-state index in [9.17, 15) is 45.6 Å². The summed E-state index contributed by atoms with van der Waals surface area (Å²) in [6.07, 6.45) is 1.13. The molecule has 0 aliphatic rings. The third-order valence-electron chi connectivity index (χ3n) is 8.46. The van der Waals surface area contributed by atoms with E-state index in [0.717, 1.165) is 6.21 Å². The molecule has 0 amide bonds. The molecule has 8 N–H and O–H groups in total. The van der Waals surface area contributed by atoms with Crippen LogP contribution in [0.2, 0.25) is 0 Å². The molecule has 0 radical (unpaired) electrons. The summed E-state index contributed by atoms with van der Waals surface area (Å²) in [6, 6.07) is 2.25. The van der Waals surface area contributed by atoms with Crippen molar-refractivity contribution in [2.24, 2.45) is 10.9 Å². The number of aliphatic carboxylic acids is 1. The van der Waals surface area contributed by atoms with Crippen molar-refractivity contribution >= 4 is 33.7 Å². The number of aliphatic hydroxyl groups is 1. The second kappa shape index (κ2) is 12.0. The second-order valence-corrected chi connectivity index (χ2v) is 12.6. The van der Waals surface area contributed by atoms with Gasteiger partial charge in [0.2, 0.25) is 0 Å². The van der Waals surface area contributed by atoms with Gasteiger partial charge < -0.3 is 40.9 Å². The number of carbonyl (C=O) groups is 1. The molecule has 4 aromatic carbocycles.